The highest BCUT2D eigenvalue weighted by Crippen LogP contribution is 2.40. The number of nitrogens with one attached hydrogen (secondary N) is 1. The summed E-state index contributed by atoms with van der Waals surface area (Å²) in [7, 11) is 0. The molecule has 0 aliphatic carbocycles. The number of anilines is 1. The summed E-state index contributed by atoms with van der Waals surface area (Å²) in [4.78, 5) is 12.4. The van der Waals surface area contributed by atoms with Gasteiger partial charge in [0.15, 0.2) is 11.5 Å². The average Bonchev–Trinajstić information content (AvgIpc) is 3.25. The molecule has 1 aliphatic heterocycles. The van der Waals surface area contributed by atoms with Gasteiger partial charge in [0, 0.05) is 22.9 Å². The normalized spacial score (nSPS) is 16.4. The molecule has 8 nitrogen and oxygen atoms in total. The summed E-state index contributed by atoms with van der Waals surface area (Å²) in [5.41, 5.74) is 3.43. The standard InChI is InChI=1S/C18H14ClN7O/c1-10-17-13(11-3-2-4-12(19)7-11)8-16(27)21-18(17)26(23-10)15-6-5-14-22-20-9-25(14)24-15/h2-7,9,13H,8H2,1H3,(H,21,27)/t13-/m0/s1. The lowest BCUT2D eigenvalue weighted by Gasteiger charge is -2.24. The maximum atomic E-state index is 12.4. The minimum absolute atomic E-state index is 0.0704. The van der Waals surface area contributed by atoms with E-state index in [9.17, 15) is 4.79 Å². The Kier molecular flexibility index (Phi) is 3.48. The second-order valence-electron chi connectivity index (χ2n) is 6.44. The Bertz CT molecular complexity index is 1200. The molecule has 1 amide bonds. The molecule has 0 saturated heterocycles. The van der Waals surface area contributed by atoms with Crippen molar-refractivity contribution < 1.29 is 4.79 Å². The van der Waals surface area contributed by atoms with E-state index >= 15 is 0 Å². The molecule has 1 atom stereocenters. The van der Waals surface area contributed by atoms with Crippen LogP contribution in [0.15, 0.2) is 42.7 Å². The summed E-state index contributed by atoms with van der Waals surface area (Å²) in [6.07, 6.45) is 1.87. The summed E-state index contributed by atoms with van der Waals surface area (Å²) >= 11 is 6.17. The van der Waals surface area contributed by atoms with Gasteiger partial charge in [0.05, 0.1) is 5.69 Å². The van der Waals surface area contributed by atoms with Gasteiger partial charge in [-0.15, -0.1) is 15.3 Å². The summed E-state index contributed by atoms with van der Waals surface area (Å²) in [6.45, 7) is 1.93. The summed E-state index contributed by atoms with van der Waals surface area (Å²) < 4.78 is 3.22. The van der Waals surface area contributed by atoms with Crippen LogP contribution in [0, 0.1) is 6.92 Å². The molecule has 1 aliphatic rings. The van der Waals surface area contributed by atoms with Crippen LogP contribution in [-0.4, -0.2) is 35.5 Å². The molecule has 9 heteroatoms. The second kappa shape index (κ2) is 5.88. The van der Waals surface area contributed by atoms with Crippen molar-refractivity contribution >= 4 is 29.0 Å². The van der Waals surface area contributed by atoms with Gasteiger partial charge in [-0.05, 0) is 36.8 Å². The minimum atomic E-state index is -0.111. The molecule has 1 aromatic carbocycles. The van der Waals surface area contributed by atoms with Crippen molar-refractivity contribution in [3.8, 4) is 5.82 Å². The second-order valence-corrected chi connectivity index (χ2v) is 6.88. The van der Waals surface area contributed by atoms with E-state index in [2.05, 4.69) is 25.7 Å². The van der Waals surface area contributed by atoms with Crippen LogP contribution in [0.5, 0.6) is 0 Å². The van der Waals surface area contributed by atoms with Crippen molar-refractivity contribution in [2.24, 2.45) is 0 Å². The fourth-order valence-corrected chi connectivity index (χ4v) is 3.75. The maximum absolute atomic E-state index is 12.4. The van der Waals surface area contributed by atoms with Crippen LogP contribution in [0.25, 0.3) is 11.5 Å². The van der Waals surface area contributed by atoms with Gasteiger partial charge in [0.2, 0.25) is 5.91 Å². The molecule has 0 spiro atoms. The van der Waals surface area contributed by atoms with Crippen LogP contribution in [0.2, 0.25) is 5.02 Å². The van der Waals surface area contributed by atoms with Crippen molar-refractivity contribution in [2.75, 3.05) is 5.32 Å². The lowest BCUT2D eigenvalue weighted by Crippen LogP contribution is -2.25. The van der Waals surface area contributed by atoms with Gasteiger partial charge >= 0.3 is 0 Å². The van der Waals surface area contributed by atoms with Crippen molar-refractivity contribution in [2.45, 2.75) is 19.3 Å². The average molecular weight is 380 g/mol. The zero-order valence-electron chi connectivity index (χ0n) is 14.3. The van der Waals surface area contributed by atoms with E-state index in [4.69, 9.17) is 11.6 Å². The van der Waals surface area contributed by atoms with Crippen LogP contribution in [0.1, 0.15) is 29.2 Å². The van der Waals surface area contributed by atoms with Crippen LogP contribution in [-0.2, 0) is 4.79 Å². The molecular formula is C18H14ClN7O. The van der Waals surface area contributed by atoms with E-state index in [1.165, 1.54) is 6.33 Å². The van der Waals surface area contributed by atoms with Crippen LogP contribution >= 0.6 is 11.6 Å². The zero-order chi connectivity index (χ0) is 18.5. The molecule has 1 N–H and O–H groups in total. The van der Waals surface area contributed by atoms with Crippen molar-refractivity contribution in [1.29, 1.82) is 0 Å². The smallest absolute Gasteiger partial charge is 0.226 e. The first kappa shape index (κ1) is 16.0. The van der Waals surface area contributed by atoms with Gasteiger partial charge in [0.1, 0.15) is 12.1 Å². The highest BCUT2D eigenvalue weighted by molar-refractivity contribution is 6.30. The van der Waals surface area contributed by atoms with E-state index in [0.717, 1.165) is 16.8 Å². The summed E-state index contributed by atoms with van der Waals surface area (Å²) in [5.74, 6) is 1.02. The molecule has 0 fully saturated rings. The van der Waals surface area contributed by atoms with Gasteiger partial charge in [-0.2, -0.15) is 14.3 Å². The quantitative estimate of drug-likeness (QED) is 0.578. The third-order valence-electron chi connectivity index (χ3n) is 4.72. The van der Waals surface area contributed by atoms with E-state index in [1.54, 1.807) is 21.3 Å². The largest absolute Gasteiger partial charge is 0.310 e. The molecule has 3 aromatic heterocycles. The van der Waals surface area contributed by atoms with Crippen LogP contribution in [0.3, 0.4) is 0 Å². The first-order valence-corrected chi connectivity index (χ1v) is 8.80. The van der Waals surface area contributed by atoms with Crippen molar-refractivity contribution in [3.63, 3.8) is 0 Å². The summed E-state index contributed by atoms with van der Waals surface area (Å²) in [6, 6.07) is 11.2. The number of fused-ring (bicyclic) bond motifs is 2. The molecule has 5 rings (SSSR count). The first-order chi connectivity index (χ1) is 13.1. The number of carbonyl (C=O) groups excluding carboxylic acids is 1. The molecular weight excluding hydrogens is 366 g/mol. The number of hydrogen-bond acceptors (Lipinski definition) is 5. The Morgan fingerprint density at radius 2 is 2.11 bits per heavy atom. The van der Waals surface area contributed by atoms with Gasteiger partial charge in [-0.25, -0.2) is 0 Å². The Morgan fingerprint density at radius 1 is 1.22 bits per heavy atom. The lowest BCUT2D eigenvalue weighted by atomic mass is 9.86. The molecule has 0 bridgehead atoms. The predicted molar refractivity (Wildman–Crippen MR) is 99.2 cm³/mol. The number of hydrogen-bond donors (Lipinski definition) is 1. The number of aromatic nitrogens is 6. The van der Waals surface area contributed by atoms with E-state index in [1.807, 2.05) is 31.2 Å². The molecule has 0 radical (unpaired) electrons. The third kappa shape index (κ3) is 2.57. The fourth-order valence-electron chi connectivity index (χ4n) is 3.55. The highest BCUT2D eigenvalue weighted by Gasteiger charge is 2.33. The number of nitrogens with zero attached hydrogens (tertiary/aromatic N) is 6. The van der Waals surface area contributed by atoms with E-state index in [-0.39, 0.29) is 11.8 Å². The SMILES string of the molecule is Cc1nn(-c2ccc3nncn3n2)c2c1[C@H](c1cccc(Cl)c1)CC(=O)N2. The van der Waals surface area contributed by atoms with Crippen molar-refractivity contribution in [1.82, 2.24) is 29.6 Å². The topological polar surface area (TPSA) is 90.0 Å². The van der Waals surface area contributed by atoms with E-state index in [0.29, 0.717) is 28.7 Å². The number of halogens is 1. The number of carbonyl (C=O) groups is 1. The zero-order valence-corrected chi connectivity index (χ0v) is 15.1. The van der Waals surface area contributed by atoms with Gasteiger partial charge in [0.25, 0.3) is 0 Å². The Balaban J connectivity index is 1.68. The van der Waals surface area contributed by atoms with Gasteiger partial charge in [-0.1, -0.05) is 23.7 Å². The molecule has 0 saturated carbocycles. The van der Waals surface area contributed by atoms with Gasteiger partial charge in [-0.3, -0.25) is 4.79 Å². The highest BCUT2D eigenvalue weighted by atomic mass is 35.5. The van der Waals surface area contributed by atoms with Gasteiger partial charge < -0.3 is 5.32 Å². The first-order valence-electron chi connectivity index (χ1n) is 8.42. The molecule has 4 heterocycles. The number of amides is 1. The number of benzene rings is 1. The Morgan fingerprint density at radius 3 is 2.96 bits per heavy atom. The van der Waals surface area contributed by atoms with Crippen LogP contribution < -0.4 is 5.32 Å². The molecule has 0 unspecified atom stereocenters. The molecule has 4 aromatic rings. The third-order valence-corrected chi connectivity index (χ3v) is 4.95. The summed E-state index contributed by atoms with van der Waals surface area (Å²) in [5, 5.41) is 20.5. The monoisotopic (exact) mass is 379 g/mol. The van der Waals surface area contributed by atoms with Crippen LogP contribution in [0.4, 0.5) is 5.82 Å². The number of rotatable bonds is 2. The maximum Gasteiger partial charge on any atom is 0.226 e. The minimum Gasteiger partial charge on any atom is -0.310 e. The Hall–Kier alpha value is -3.26. The number of aryl methyl sites for hydroxylation is 1. The Labute approximate surface area is 158 Å². The fraction of sp³-hybridized carbons (Fsp3) is 0.167. The van der Waals surface area contributed by atoms with Crippen molar-refractivity contribution in [3.05, 3.63) is 64.6 Å². The van der Waals surface area contributed by atoms with E-state index < -0.39 is 0 Å². The molecule has 134 valence electrons. The lowest BCUT2D eigenvalue weighted by molar-refractivity contribution is -0.116. The molecule has 27 heavy (non-hydrogen) atoms. The predicted octanol–water partition coefficient (Wildman–Crippen LogP) is 2.75.